The van der Waals surface area contributed by atoms with E-state index in [4.69, 9.17) is 56.4 Å². The molecule has 13 nitrogen and oxygen atoms in total. The average molecular weight is 1000 g/mol. The van der Waals surface area contributed by atoms with Crippen molar-refractivity contribution in [3.63, 3.8) is 0 Å². The summed E-state index contributed by atoms with van der Waals surface area (Å²) < 4.78 is 32.1. The van der Waals surface area contributed by atoms with Crippen LogP contribution < -0.4 is 4.74 Å². The van der Waals surface area contributed by atoms with E-state index in [0.717, 1.165) is 186 Å². The molecule has 4 aromatic carbocycles. The molecule has 0 aliphatic carbocycles. The largest absolute Gasteiger partial charge is 0.495 e. The maximum Gasteiger partial charge on any atom is 0.141 e. The fourth-order valence-corrected chi connectivity index (χ4v) is 10.7. The van der Waals surface area contributed by atoms with Crippen molar-refractivity contribution >= 4 is 45.3 Å². The molecule has 15 heteroatoms. The van der Waals surface area contributed by atoms with E-state index in [1.165, 1.54) is 5.56 Å². The van der Waals surface area contributed by atoms with Gasteiger partial charge in [0.2, 0.25) is 0 Å². The molecular formula is C56H66Cl2N8O5. The Bertz CT molecular complexity index is 3070. The summed E-state index contributed by atoms with van der Waals surface area (Å²) in [4.78, 5) is 15.3. The molecule has 0 saturated carbocycles. The first-order valence-corrected chi connectivity index (χ1v) is 25.7. The Morgan fingerprint density at radius 1 is 0.563 bits per heavy atom. The van der Waals surface area contributed by atoms with E-state index in [0.29, 0.717) is 22.9 Å². The molecule has 0 spiro atoms. The van der Waals surface area contributed by atoms with Crippen molar-refractivity contribution in [3.05, 3.63) is 134 Å². The third kappa shape index (κ3) is 11.4. The van der Waals surface area contributed by atoms with Crippen LogP contribution in [0, 0.1) is 34.6 Å². The number of rotatable bonds is 15. The maximum atomic E-state index is 6.39. The number of hydrogen-bond donors (Lipinski definition) is 0. The van der Waals surface area contributed by atoms with Crippen molar-refractivity contribution in [1.29, 1.82) is 0 Å². The minimum Gasteiger partial charge on any atom is -0.495 e. The highest BCUT2D eigenvalue weighted by atomic mass is 35.5. The van der Waals surface area contributed by atoms with E-state index in [-0.39, 0.29) is 0 Å². The van der Waals surface area contributed by atoms with Crippen LogP contribution >= 0.6 is 23.2 Å². The smallest absolute Gasteiger partial charge is 0.141 e. The number of imidazole rings is 2. The highest BCUT2D eigenvalue weighted by Crippen LogP contribution is 2.33. The number of ether oxygens (including phenoxy) is 3. The van der Waals surface area contributed by atoms with Gasteiger partial charge in [-0.3, -0.25) is 9.80 Å². The van der Waals surface area contributed by atoms with Crippen molar-refractivity contribution in [2.24, 2.45) is 0 Å². The number of halogens is 2. The van der Waals surface area contributed by atoms with E-state index >= 15 is 0 Å². The van der Waals surface area contributed by atoms with Crippen molar-refractivity contribution < 1.29 is 23.3 Å². The molecule has 6 heterocycles. The monoisotopic (exact) mass is 1000 g/mol. The Balaban J connectivity index is 0.000000176. The highest BCUT2D eigenvalue weighted by molar-refractivity contribution is 6.32. The molecule has 0 amide bonds. The number of hydrogen-bond acceptors (Lipinski definition) is 11. The summed E-state index contributed by atoms with van der Waals surface area (Å²) in [6.07, 6.45) is 3.40. The van der Waals surface area contributed by atoms with Gasteiger partial charge >= 0.3 is 0 Å². The Hall–Kier alpha value is -5.54. The summed E-state index contributed by atoms with van der Waals surface area (Å²) in [6.45, 7) is 23.3. The lowest BCUT2D eigenvalue weighted by Gasteiger charge is -2.32. The van der Waals surface area contributed by atoms with Crippen LogP contribution in [0.5, 0.6) is 5.75 Å². The summed E-state index contributed by atoms with van der Waals surface area (Å²) in [5.74, 6) is 4.53. The molecule has 2 aliphatic rings. The van der Waals surface area contributed by atoms with Crippen LogP contribution in [0.1, 0.15) is 65.1 Å². The quantitative estimate of drug-likeness (QED) is 0.0975. The first-order chi connectivity index (χ1) is 34.3. The zero-order chi connectivity index (χ0) is 49.8. The van der Waals surface area contributed by atoms with E-state index in [1.807, 2.05) is 46.8 Å². The van der Waals surface area contributed by atoms with Gasteiger partial charge in [0.1, 0.15) is 28.9 Å². The van der Waals surface area contributed by atoms with E-state index in [2.05, 4.69) is 104 Å². The normalized spacial score (nSPS) is 15.6. The molecule has 8 aromatic rings. The molecule has 4 aromatic heterocycles. The lowest BCUT2D eigenvalue weighted by molar-refractivity contribution is 0.0170. The van der Waals surface area contributed by atoms with E-state index in [1.54, 1.807) is 7.11 Å². The predicted molar refractivity (Wildman–Crippen MR) is 282 cm³/mol. The number of fused-ring (bicyclic) bond motifs is 2. The molecule has 2 atom stereocenters. The molecule has 2 fully saturated rings. The van der Waals surface area contributed by atoms with Gasteiger partial charge in [-0.05, 0) is 132 Å². The van der Waals surface area contributed by atoms with Gasteiger partial charge in [-0.1, -0.05) is 63.8 Å². The first-order valence-electron chi connectivity index (χ1n) is 24.9. The van der Waals surface area contributed by atoms with Crippen LogP contribution in [0.25, 0.3) is 44.3 Å². The fourth-order valence-electron chi connectivity index (χ4n) is 10.2. The van der Waals surface area contributed by atoms with Gasteiger partial charge in [0.25, 0.3) is 0 Å². The molecule has 71 heavy (non-hydrogen) atoms. The zero-order valence-electron chi connectivity index (χ0n) is 42.4. The molecule has 2 aliphatic heterocycles. The second-order valence-electron chi connectivity index (χ2n) is 19.1. The molecular weight excluding hydrogens is 936 g/mol. The van der Waals surface area contributed by atoms with Crippen molar-refractivity contribution in [2.75, 3.05) is 59.7 Å². The lowest BCUT2D eigenvalue weighted by Crippen LogP contribution is -2.44. The van der Waals surface area contributed by atoms with Crippen molar-refractivity contribution in [1.82, 2.24) is 39.2 Å². The lowest BCUT2D eigenvalue weighted by atomic mass is 10.0. The van der Waals surface area contributed by atoms with Gasteiger partial charge in [0.05, 0.1) is 72.0 Å². The van der Waals surface area contributed by atoms with Gasteiger partial charge < -0.3 is 32.4 Å². The fraction of sp³-hybridized carbons (Fsp3) is 0.429. The topological polar surface area (TPSA) is 122 Å². The summed E-state index contributed by atoms with van der Waals surface area (Å²) in [7, 11) is 1.63. The average Bonchev–Trinajstić information content (AvgIpc) is 4.12. The third-order valence-electron chi connectivity index (χ3n) is 14.3. The molecule has 374 valence electrons. The van der Waals surface area contributed by atoms with Gasteiger partial charge in [-0.2, -0.15) is 0 Å². The molecule has 0 bridgehead atoms. The van der Waals surface area contributed by atoms with Crippen molar-refractivity contribution in [3.8, 4) is 28.0 Å². The van der Waals surface area contributed by atoms with Crippen LogP contribution in [0.2, 0.25) is 10.0 Å². The zero-order valence-corrected chi connectivity index (χ0v) is 43.9. The summed E-state index contributed by atoms with van der Waals surface area (Å²) >= 11 is 12.8. The Morgan fingerprint density at radius 2 is 1.01 bits per heavy atom. The Labute approximate surface area is 427 Å². The predicted octanol–water partition coefficient (Wildman–Crippen LogP) is 11.3. The number of benzene rings is 4. The van der Waals surface area contributed by atoms with Crippen molar-refractivity contribution in [2.45, 2.75) is 99.3 Å². The number of nitrogens with zero attached hydrogens (tertiary/aromatic N) is 8. The van der Waals surface area contributed by atoms with Crippen LogP contribution in [0.3, 0.4) is 0 Å². The number of aryl methyl sites for hydroxylation is 9. The van der Waals surface area contributed by atoms with Gasteiger partial charge in [-0.25, -0.2) is 9.97 Å². The number of methoxy groups -OCH3 is 1. The molecule has 0 unspecified atom stereocenters. The first kappa shape index (κ1) is 50.4. The van der Waals surface area contributed by atoms with Gasteiger partial charge in [0, 0.05) is 80.3 Å². The highest BCUT2D eigenvalue weighted by Gasteiger charge is 2.24. The maximum absolute atomic E-state index is 6.39. The van der Waals surface area contributed by atoms with E-state index < -0.39 is 0 Å². The molecule has 2 saturated heterocycles. The van der Waals surface area contributed by atoms with Crippen LogP contribution in [0.4, 0.5) is 0 Å². The van der Waals surface area contributed by atoms with Crippen LogP contribution in [0.15, 0.2) is 81.8 Å². The Morgan fingerprint density at radius 3 is 1.42 bits per heavy atom. The SMILES string of the molecule is COc1ccc(CCc2nc3cc(-c4c(C)noc4C)ccc3n2C[C@H](C)N2CCOCC2)cc1Cl.Cc1ccc(CCc2nc3cc(-c4c(C)noc4C)ccc3n2C[C@H](C)N2CCOCC2)cc1Cl. The second-order valence-corrected chi connectivity index (χ2v) is 19.9. The van der Waals surface area contributed by atoms with Crippen LogP contribution in [-0.4, -0.2) is 111 Å². The number of aromatic nitrogens is 6. The number of morpholine rings is 2. The van der Waals surface area contributed by atoms with Gasteiger partial charge in [-0.15, -0.1) is 0 Å². The Kier molecular flexibility index (Phi) is 16.0. The minimum absolute atomic E-state index is 0.378. The van der Waals surface area contributed by atoms with Gasteiger partial charge in [0.15, 0.2) is 0 Å². The standard InChI is InChI=1S/C28H33ClN4O3.C28H33ClN4O2/c1-18(32-11-13-35-14-12-32)17-33-25-8-7-22(28-19(2)31-36-20(28)3)16-24(25)30-27(33)10-6-21-5-9-26(34-4)23(29)15-21;1-18-5-6-22(15-24(18)29)7-10-27-30-25-16-23(28-20(3)31-35-21(28)4)8-9-26(25)33(27)17-19(2)32-11-13-34-14-12-32/h5,7-9,15-16,18H,6,10-14,17H2,1-4H3;5-6,8-9,15-16,19H,7,10-14,17H2,1-4H3/t18-;19-/m00/s1. The summed E-state index contributed by atoms with van der Waals surface area (Å²) in [5, 5.41) is 9.72. The molecule has 0 N–H and O–H groups in total. The summed E-state index contributed by atoms with van der Waals surface area (Å²) in [6, 6.07) is 26.1. The van der Waals surface area contributed by atoms with Crippen LogP contribution in [-0.2, 0) is 48.2 Å². The molecule has 0 radical (unpaired) electrons. The molecule has 10 rings (SSSR count). The summed E-state index contributed by atoms with van der Waals surface area (Å²) in [5.41, 5.74) is 13.9. The van der Waals surface area contributed by atoms with E-state index in [9.17, 15) is 0 Å². The third-order valence-corrected chi connectivity index (χ3v) is 15.0. The minimum atomic E-state index is 0.378. The second kappa shape index (κ2) is 22.5.